The number of nitrogens with one attached hydrogen (secondary N) is 1. The molecule has 0 aliphatic carbocycles. The van der Waals surface area contributed by atoms with Crippen molar-refractivity contribution in [1.82, 2.24) is 0 Å². The van der Waals surface area contributed by atoms with Gasteiger partial charge < -0.3 is 10.1 Å². The number of sulfonamides is 1. The van der Waals surface area contributed by atoms with E-state index in [1.54, 1.807) is 66.7 Å². The molecule has 0 aliphatic heterocycles. The van der Waals surface area contributed by atoms with Gasteiger partial charge in [-0.05, 0) is 74.5 Å². The SMILES string of the molecule is CC(C)Oc1ccc(NC(=O)c2ccc(N(Cc3c(Cl)cccc3Cl)S(C)(=O)=O)cc2)cc1. The third-order valence-corrected chi connectivity index (χ3v) is 6.51. The van der Waals surface area contributed by atoms with Crippen LogP contribution in [0.1, 0.15) is 29.8 Å². The maximum Gasteiger partial charge on any atom is 0.255 e. The molecular weight excluding hydrogens is 483 g/mol. The minimum Gasteiger partial charge on any atom is -0.491 e. The summed E-state index contributed by atoms with van der Waals surface area (Å²) >= 11 is 12.4. The van der Waals surface area contributed by atoms with Crippen LogP contribution >= 0.6 is 23.2 Å². The van der Waals surface area contributed by atoms with E-state index in [0.29, 0.717) is 38.3 Å². The second-order valence-corrected chi connectivity index (χ2v) is 10.4. The summed E-state index contributed by atoms with van der Waals surface area (Å²) in [5.41, 5.74) is 1.88. The fraction of sp³-hybridized carbons (Fsp3) is 0.208. The maximum absolute atomic E-state index is 12.6. The van der Waals surface area contributed by atoms with E-state index >= 15 is 0 Å². The Morgan fingerprint density at radius 3 is 2.06 bits per heavy atom. The van der Waals surface area contributed by atoms with Gasteiger partial charge in [0.05, 0.1) is 24.6 Å². The number of amides is 1. The Bertz CT molecular complexity index is 1210. The molecule has 0 aliphatic rings. The molecular formula is C24H24Cl2N2O4S. The average molecular weight is 507 g/mol. The van der Waals surface area contributed by atoms with Gasteiger partial charge in [-0.25, -0.2) is 8.42 Å². The number of rotatable bonds is 8. The second-order valence-electron chi connectivity index (χ2n) is 7.66. The van der Waals surface area contributed by atoms with Crippen molar-refractivity contribution < 1.29 is 17.9 Å². The molecule has 6 nitrogen and oxygen atoms in total. The topological polar surface area (TPSA) is 75.7 Å². The number of benzene rings is 3. The smallest absolute Gasteiger partial charge is 0.255 e. The summed E-state index contributed by atoms with van der Waals surface area (Å²) in [6.45, 7) is 3.84. The fourth-order valence-electron chi connectivity index (χ4n) is 3.10. The van der Waals surface area contributed by atoms with Crippen LogP contribution < -0.4 is 14.4 Å². The second kappa shape index (κ2) is 10.5. The van der Waals surface area contributed by atoms with Crippen molar-refractivity contribution in [3.63, 3.8) is 0 Å². The first kappa shape index (κ1) is 24.9. The number of anilines is 2. The van der Waals surface area contributed by atoms with Gasteiger partial charge in [0.2, 0.25) is 10.0 Å². The molecule has 9 heteroatoms. The third-order valence-electron chi connectivity index (χ3n) is 4.67. The van der Waals surface area contributed by atoms with E-state index < -0.39 is 10.0 Å². The van der Waals surface area contributed by atoms with E-state index in [-0.39, 0.29) is 18.6 Å². The van der Waals surface area contributed by atoms with E-state index in [4.69, 9.17) is 27.9 Å². The van der Waals surface area contributed by atoms with Gasteiger partial charge >= 0.3 is 0 Å². The highest BCUT2D eigenvalue weighted by Gasteiger charge is 2.21. The Balaban J connectivity index is 1.77. The first-order chi connectivity index (χ1) is 15.5. The average Bonchev–Trinajstić information content (AvgIpc) is 2.74. The van der Waals surface area contributed by atoms with Crippen molar-refractivity contribution in [3.8, 4) is 5.75 Å². The molecule has 0 unspecified atom stereocenters. The minimum absolute atomic E-state index is 0.0340. The minimum atomic E-state index is -3.64. The Hall–Kier alpha value is -2.74. The lowest BCUT2D eigenvalue weighted by Crippen LogP contribution is -2.29. The van der Waals surface area contributed by atoms with Gasteiger partial charge in [-0.3, -0.25) is 9.10 Å². The standard InChI is InChI=1S/C24H24Cl2N2O4S/c1-16(2)32-20-13-9-18(10-14-20)27-24(29)17-7-11-19(12-8-17)28(33(3,30)31)15-21-22(25)5-4-6-23(21)26/h4-14,16H,15H2,1-3H3,(H,27,29). The molecule has 0 heterocycles. The quantitative estimate of drug-likeness (QED) is 0.406. The first-order valence-corrected chi connectivity index (χ1v) is 12.7. The van der Waals surface area contributed by atoms with E-state index in [0.717, 1.165) is 6.26 Å². The van der Waals surface area contributed by atoms with Crippen LogP contribution in [0.5, 0.6) is 5.75 Å². The van der Waals surface area contributed by atoms with Gasteiger partial charge in [0, 0.05) is 26.9 Å². The molecule has 0 spiro atoms. The summed E-state index contributed by atoms with van der Waals surface area (Å²) in [4.78, 5) is 12.6. The van der Waals surface area contributed by atoms with E-state index in [1.807, 2.05) is 13.8 Å². The van der Waals surface area contributed by atoms with Crippen LogP contribution in [0, 0.1) is 0 Å². The Morgan fingerprint density at radius 2 is 1.55 bits per heavy atom. The number of hydrogen-bond acceptors (Lipinski definition) is 4. The van der Waals surface area contributed by atoms with Gasteiger partial charge in [0.25, 0.3) is 5.91 Å². The Morgan fingerprint density at radius 1 is 0.970 bits per heavy atom. The van der Waals surface area contributed by atoms with Gasteiger partial charge in [0.15, 0.2) is 0 Å². The number of ether oxygens (including phenoxy) is 1. The van der Waals surface area contributed by atoms with Crippen LogP contribution in [0.4, 0.5) is 11.4 Å². The van der Waals surface area contributed by atoms with Crippen molar-refractivity contribution in [2.75, 3.05) is 15.9 Å². The number of hydrogen-bond donors (Lipinski definition) is 1. The number of carbonyl (C=O) groups excluding carboxylic acids is 1. The molecule has 0 atom stereocenters. The lowest BCUT2D eigenvalue weighted by atomic mass is 10.1. The fourth-order valence-corrected chi connectivity index (χ4v) is 4.48. The summed E-state index contributed by atoms with van der Waals surface area (Å²) in [6, 6.07) is 18.3. The van der Waals surface area contributed by atoms with E-state index in [1.165, 1.54) is 4.31 Å². The normalized spacial score (nSPS) is 11.3. The zero-order valence-electron chi connectivity index (χ0n) is 18.4. The number of halogens is 2. The van der Waals surface area contributed by atoms with Gasteiger partial charge in [-0.2, -0.15) is 0 Å². The number of carbonyl (C=O) groups is 1. The van der Waals surface area contributed by atoms with Crippen LogP contribution in [0.2, 0.25) is 10.0 Å². The molecule has 0 radical (unpaired) electrons. The molecule has 0 bridgehead atoms. The van der Waals surface area contributed by atoms with Crippen molar-refractivity contribution in [1.29, 1.82) is 0 Å². The van der Waals surface area contributed by atoms with Crippen LogP contribution in [-0.2, 0) is 16.6 Å². The summed E-state index contributed by atoms with van der Waals surface area (Å²) in [6.07, 6.45) is 1.16. The first-order valence-electron chi connectivity index (χ1n) is 10.1. The largest absolute Gasteiger partial charge is 0.491 e. The lowest BCUT2D eigenvalue weighted by molar-refractivity contribution is 0.102. The Labute approximate surface area is 204 Å². The lowest BCUT2D eigenvalue weighted by Gasteiger charge is -2.23. The van der Waals surface area contributed by atoms with Gasteiger partial charge in [0.1, 0.15) is 5.75 Å². The van der Waals surface area contributed by atoms with Crippen LogP contribution in [0.15, 0.2) is 66.7 Å². The highest BCUT2D eigenvalue weighted by molar-refractivity contribution is 7.92. The molecule has 1 amide bonds. The summed E-state index contributed by atoms with van der Waals surface area (Å²) in [5.74, 6) is 0.394. The van der Waals surface area contributed by atoms with Crippen LogP contribution in [0.25, 0.3) is 0 Å². The third kappa shape index (κ3) is 6.63. The predicted molar refractivity (Wildman–Crippen MR) is 134 cm³/mol. The van der Waals surface area contributed by atoms with Gasteiger partial charge in [-0.15, -0.1) is 0 Å². The van der Waals surface area contributed by atoms with E-state index in [2.05, 4.69) is 5.32 Å². The van der Waals surface area contributed by atoms with E-state index in [9.17, 15) is 13.2 Å². The van der Waals surface area contributed by atoms with Crippen LogP contribution in [0.3, 0.4) is 0 Å². The zero-order chi connectivity index (χ0) is 24.2. The molecule has 33 heavy (non-hydrogen) atoms. The molecule has 0 fully saturated rings. The van der Waals surface area contributed by atoms with Crippen molar-refractivity contribution >= 4 is 50.5 Å². The molecule has 0 saturated heterocycles. The summed E-state index contributed by atoms with van der Waals surface area (Å²) in [7, 11) is -3.64. The predicted octanol–water partition coefficient (Wildman–Crippen LogP) is 6.00. The molecule has 0 saturated carbocycles. The summed E-state index contributed by atoms with van der Waals surface area (Å²) < 4.78 is 31.7. The monoisotopic (exact) mass is 506 g/mol. The molecule has 3 aromatic carbocycles. The van der Waals surface area contributed by atoms with Crippen molar-refractivity contribution in [3.05, 3.63) is 87.9 Å². The Kier molecular flexibility index (Phi) is 7.89. The van der Waals surface area contributed by atoms with Crippen molar-refractivity contribution in [2.45, 2.75) is 26.5 Å². The molecule has 0 aromatic heterocycles. The van der Waals surface area contributed by atoms with Gasteiger partial charge in [-0.1, -0.05) is 29.3 Å². The van der Waals surface area contributed by atoms with Crippen LogP contribution in [-0.4, -0.2) is 26.7 Å². The molecule has 1 N–H and O–H groups in total. The highest BCUT2D eigenvalue weighted by atomic mass is 35.5. The zero-order valence-corrected chi connectivity index (χ0v) is 20.7. The molecule has 174 valence electrons. The molecule has 3 rings (SSSR count). The number of nitrogens with zero attached hydrogens (tertiary/aromatic N) is 1. The highest BCUT2D eigenvalue weighted by Crippen LogP contribution is 2.29. The summed E-state index contributed by atoms with van der Waals surface area (Å²) in [5, 5.41) is 3.56. The molecule has 3 aromatic rings. The maximum atomic E-state index is 12.6. The van der Waals surface area contributed by atoms with Crippen molar-refractivity contribution in [2.24, 2.45) is 0 Å².